The molecular weight excluding hydrogens is 414 g/mol. The number of nitrogens with one attached hydrogen (secondary N) is 2. The second-order valence-corrected chi connectivity index (χ2v) is 8.43. The lowest BCUT2D eigenvalue weighted by molar-refractivity contribution is 0.0502. The number of hydrogen-bond acceptors (Lipinski definition) is 5. The van der Waals surface area contributed by atoms with Crippen molar-refractivity contribution in [1.82, 2.24) is 5.32 Å². The van der Waals surface area contributed by atoms with Crippen LogP contribution >= 0.6 is 0 Å². The molecule has 6 heteroatoms. The van der Waals surface area contributed by atoms with Crippen molar-refractivity contribution >= 4 is 17.6 Å². The second kappa shape index (κ2) is 15.9. The molecule has 0 aromatic heterocycles. The molecule has 0 spiro atoms. The summed E-state index contributed by atoms with van der Waals surface area (Å²) in [6.07, 6.45) is 12.8. The lowest BCUT2D eigenvalue weighted by Gasteiger charge is -2.11. The molecule has 4 N–H and O–H groups in total. The summed E-state index contributed by atoms with van der Waals surface area (Å²) < 4.78 is 0. The first-order chi connectivity index (χ1) is 16.2. The van der Waals surface area contributed by atoms with E-state index in [2.05, 4.69) is 22.4 Å². The van der Waals surface area contributed by atoms with Crippen molar-refractivity contribution in [2.45, 2.75) is 77.7 Å². The van der Waals surface area contributed by atoms with Gasteiger partial charge in [-0.25, -0.2) is 4.79 Å². The first-order valence-corrected chi connectivity index (χ1v) is 12.3. The van der Waals surface area contributed by atoms with Gasteiger partial charge in [-0.1, -0.05) is 82.9 Å². The number of carbonyl (C=O) groups is 2. The zero-order chi connectivity index (χ0) is 23.7. The fourth-order valence-electron chi connectivity index (χ4n) is 3.79. The summed E-state index contributed by atoms with van der Waals surface area (Å²) >= 11 is 0. The second-order valence-electron chi connectivity index (χ2n) is 8.43. The number of carbonyl (C=O) groups excluding carboxylic acids is 2. The van der Waals surface area contributed by atoms with E-state index in [9.17, 15) is 9.59 Å². The molecule has 0 radical (unpaired) electrons. The molecule has 33 heavy (non-hydrogen) atoms. The molecule has 0 saturated carbocycles. The fourth-order valence-corrected chi connectivity index (χ4v) is 3.79. The van der Waals surface area contributed by atoms with E-state index in [-0.39, 0.29) is 5.91 Å². The van der Waals surface area contributed by atoms with Gasteiger partial charge < -0.3 is 15.5 Å². The number of benzene rings is 2. The molecule has 0 fully saturated rings. The van der Waals surface area contributed by atoms with Crippen molar-refractivity contribution in [2.24, 2.45) is 5.90 Å². The largest absolute Gasteiger partial charge is 0.381 e. The highest BCUT2D eigenvalue weighted by Crippen LogP contribution is 2.15. The molecule has 0 aliphatic heterocycles. The Kier molecular flexibility index (Phi) is 12.7. The Morgan fingerprint density at radius 3 is 2.06 bits per heavy atom. The van der Waals surface area contributed by atoms with Crippen LogP contribution in [0.2, 0.25) is 0 Å². The molecule has 6 nitrogen and oxygen atoms in total. The lowest BCUT2D eigenvalue weighted by Crippen LogP contribution is -2.24. The van der Waals surface area contributed by atoms with Crippen LogP contribution in [0.3, 0.4) is 0 Å². The van der Waals surface area contributed by atoms with Crippen LogP contribution in [-0.4, -0.2) is 18.4 Å². The Hall–Kier alpha value is -2.86. The molecule has 0 aliphatic rings. The minimum absolute atomic E-state index is 0.0477. The third kappa shape index (κ3) is 10.1. The van der Waals surface area contributed by atoms with Gasteiger partial charge in [0.15, 0.2) is 0 Å². The zero-order valence-corrected chi connectivity index (χ0v) is 19.9. The quantitative estimate of drug-likeness (QED) is 0.215. The molecule has 0 bridgehead atoms. The summed E-state index contributed by atoms with van der Waals surface area (Å²) in [5.41, 5.74) is 2.71. The average Bonchev–Trinajstić information content (AvgIpc) is 2.86. The Labute approximate surface area is 198 Å². The summed E-state index contributed by atoms with van der Waals surface area (Å²) in [7, 11) is 0. The summed E-state index contributed by atoms with van der Waals surface area (Å²) in [4.78, 5) is 28.5. The first kappa shape index (κ1) is 26.4. The summed E-state index contributed by atoms with van der Waals surface area (Å²) in [6, 6.07) is 14.5. The summed E-state index contributed by atoms with van der Waals surface area (Å²) in [5, 5.41) is 6.26. The fraction of sp³-hybridized carbons (Fsp3) is 0.481. The van der Waals surface area contributed by atoms with Crippen LogP contribution in [0.5, 0.6) is 0 Å². The standard InChI is InChI=1S/C27H39N3O3/c1-2-3-4-5-6-7-8-9-10-13-20-29-26(31)22-16-18-24(19-17-22)30-21-23-14-11-12-15-25(23)27(32)33-28/h11-12,14-19,30H,2-10,13,20-21,28H2,1H3,(H,29,31). The highest BCUT2D eigenvalue weighted by molar-refractivity contribution is 5.94. The minimum Gasteiger partial charge on any atom is -0.381 e. The highest BCUT2D eigenvalue weighted by Gasteiger charge is 2.11. The lowest BCUT2D eigenvalue weighted by atomic mass is 10.1. The van der Waals surface area contributed by atoms with Crippen LogP contribution < -0.4 is 16.5 Å². The number of hydrogen-bond donors (Lipinski definition) is 3. The molecule has 0 atom stereocenters. The molecule has 2 rings (SSSR count). The van der Waals surface area contributed by atoms with Crippen molar-refractivity contribution in [3.05, 3.63) is 65.2 Å². The van der Waals surface area contributed by atoms with Crippen LogP contribution in [0, 0.1) is 0 Å². The van der Waals surface area contributed by atoms with Crippen molar-refractivity contribution in [1.29, 1.82) is 0 Å². The molecule has 180 valence electrons. The first-order valence-electron chi connectivity index (χ1n) is 12.3. The Morgan fingerprint density at radius 1 is 0.818 bits per heavy atom. The van der Waals surface area contributed by atoms with Crippen LogP contribution in [0.15, 0.2) is 48.5 Å². The Bertz CT molecular complexity index is 837. The van der Waals surface area contributed by atoms with Gasteiger partial charge in [0, 0.05) is 24.3 Å². The molecule has 0 aliphatic carbocycles. The third-order valence-electron chi connectivity index (χ3n) is 5.79. The highest BCUT2D eigenvalue weighted by atomic mass is 16.7. The van der Waals surface area contributed by atoms with E-state index < -0.39 is 5.97 Å². The molecule has 1 amide bonds. The van der Waals surface area contributed by atoms with Gasteiger partial charge in [0.2, 0.25) is 0 Å². The Morgan fingerprint density at radius 2 is 1.42 bits per heavy atom. The normalized spacial score (nSPS) is 10.6. The smallest absolute Gasteiger partial charge is 0.356 e. The third-order valence-corrected chi connectivity index (χ3v) is 5.79. The molecular formula is C27H39N3O3. The number of amides is 1. The van der Waals surface area contributed by atoms with Crippen molar-refractivity contribution < 1.29 is 14.4 Å². The van der Waals surface area contributed by atoms with E-state index in [0.717, 1.165) is 24.1 Å². The topological polar surface area (TPSA) is 93.5 Å². The molecule has 0 heterocycles. The van der Waals surface area contributed by atoms with Crippen LogP contribution in [0.25, 0.3) is 0 Å². The number of unbranched alkanes of at least 4 members (excludes halogenated alkanes) is 9. The van der Waals surface area contributed by atoms with Crippen LogP contribution in [0.4, 0.5) is 5.69 Å². The zero-order valence-electron chi connectivity index (χ0n) is 19.9. The van der Waals surface area contributed by atoms with E-state index >= 15 is 0 Å². The van der Waals surface area contributed by atoms with Gasteiger partial charge in [0.1, 0.15) is 0 Å². The number of rotatable bonds is 16. The monoisotopic (exact) mass is 453 g/mol. The summed E-state index contributed by atoms with van der Waals surface area (Å²) in [6.45, 7) is 3.40. The maximum absolute atomic E-state index is 12.4. The van der Waals surface area contributed by atoms with Crippen molar-refractivity contribution in [2.75, 3.05) is 11.9 Å². The minimum atomic E-state index is -0.568. The molecule has 2 aromatic rings. The van der Waals surface area contributed by atoms with Gasteiger partial charge in [-0.05, 0) is 42.3 Å². The van der Waals surface area contributed by atoms with E-state index in [4.69, 9.17) is 5.90 Å². The van der Waals surface area contributed by atoms with Gasteiger partial charge in [-0.15, -0.1) is 0 Å². The van der Waals surface area contributed by atoms with Gasteiger partial charge in [0.25, 0.3) is 5.91 Å². The number of nitrogens with two attached hydrogens (primary N) is 1. The summed E-state index contributed by atoms with van der Waals surface area (Å²) in [5.74, 6) is 4.39. The van der Waals surface area contributed by atoms with Gasteiger partial charge in [0.05, 0.1) is 5.56 Å². The van der Waals surface area contributed by atoms with Crippen molar-refractivity contribution in [3.8, 4) is 0 Å². The van der Waals surface area contributed by atoms with E-state index in [0.29, 0.717) is 24.2 Å². The van der Waals surface area contributed by atoms with Crippen LogP contribution in [0.1, 0.15) is 97.4 Å². The maximum Gasteiger partial charge on any atom is 0.356 e. The van der Waals surface area contributed by atoms with Gasteiger partial charge in [-0.2, -0.15) is 5.90 Å². The van der Waals surface area contributed by atoms with Gasteiger partial charge in [-0.3, -0.25) is 4.79 Å². The van der Waals surface area contributed by atoms with E-state index in [1.54, 1.807) is 24.3 Å². The molecule has 0 unspecified atom stereocenters. The van der Waals surface area contributed by atoms with Crippen molar-refractivity contribution in [3.63, 3.8) is 0 Å². The molecule has 0 saturated heterocycles. The predicted octanol–water partition coefficient (Wildman–Crippen LogP) is 5.98. The average molecular weight is 454 g/mol. The molecule has 2 aromatic carbocycles. The maximum atomic E-state index is 12.4. The Balaban J connectivity index is 1.64. The number of anilines is 1. The van der Waals surface area contributed by atoms with Crippen LogP contribution in [-0.2, 0) is 11.4 Å². The van der Waals surface area contributed by atoms with Gasteiger partial charge >= 0.3 is 5.97 Å². The van der Waals surface area contributed by atoms with E-state index in [1.165, 1.54) is 51.4 Å². The van der Waals surface area contributed by atoms with E-state index in [1.807, 2.05) is 24.3 Å². The SMILES string of the molecule is CCCCCCCCCCCCNC(=O)c1ccc(NCc2ccccc2C(=O)ON)cc1. The predicted molar refractivity (Wildman–Crippen MR) is 134 cm³/mol.